The highest BCUT2D eigenvalue weighted by atomic mass is 32.2. The van der Waals surface area contributed by atoms with Crippen molar-refractivity contribution in [3.63, 3.8) is 0 Å². The van der Waals surface area contributed by atoms with Gasteiger partial charge in [-0.05, 0) is 35.9 Å². The maximum Gasteiger partial charge on any atom is 0.156 e. The van der Waals surface area contributed by atoms with Crippen LogP contribution in [0.25, 0.3) is 0 Å². The first-order valence-corrected chi connectivity index (χ1v) is 6.13. The number of aromatic nitrogens is 2. The van der Waals surface area contributed by atoms with Crippen molar-refractivity contribution in [3.05, 3.63) is 35.0 Å². The van der Waals surface area contributed by atoms with Gasteiger partial charge in [0, 0.05) is 17.8 Å². The minimum Gasteiger partial charge on any atom is -0.392 e. The Balaban J connectivity index is 2.22. The van der Waals surface area contributed by atoms with Gasteiger partial charge in [-0.25, -0.2) is 9.97 Å². The number of aliphatic hydroxyl groups is 1. The fraction of sp³-hybridized carbons (Fsp3) is 0.200. The molecule has 0 bridgehead atoms. The van der Waals surface area contributed by atoms with Crippen molar-refractivity contribution >= 4 is 23.1 Å². The monoisotopic (exact) mass is 238 g/mol. The average molecular weight is 238 g/mol. The average Bonchev–Trinajstić information content (AvgIpc) is 2.74. The van der Waals surface area contributed by atoms with Crippen LogP contribution in [-0.4, -0.2) is 15.1 Å². The summed E-state index contributed by atoms with van der Waals surface area (Å²) in [4.78, 5) is 8.48. The largest absolute Gasteiger partial charge is 0.392 e. The second-order valence-electron chi connectivity index (χ2n) is 3.02. The number of hydrogen-bond acceptors (Lipinski definition) is 5. The van der Waals surface area contributed by atoms with Gasteiger partial charge in [0.2, 0.25) is 0 Å². The Morgan fingerprint density at radius 1 is 1.47 bits per heavy atom. The van der Waals surface area contributed by atoms with E-state index in [0.717, 1.165) is 20.5 Å². The Labute approximate surface area is 96.2 Å². The summed E-state index contributed by atoms with van der Waals surface area (Å²) in [7, 11) is 0. The molecule has 0 unspecified atom stereocenters. The SMILES string of the molecule is Cc1cc(CO)cnc1Sc1nccs1. The standard InChI is InChI=1S/C10H10N2OS2/c1-7-4-8(6-13)5-12-9(7)15-10-11-2-3-14-10/h2-5,13H,6H2,1H3. The van der Waals surface area contributed by atoms with Crippen LogP contribution in [0.15, 0.2) is 33.2 Å². The van der Waals surface area contributed by atoms with Crippen LogP contribution in [0.4, 0.5) is 0 Å². The first kappa shape index (κ1) is 10.6. The molecule has 0 atom stereocenters. The number of nitrogens with zero attached hydrogens (tertiary/aromatic N) is 2. The number of thiazole rings is 1. The molecule has 0 aliphatic carbocycles. The summed E-state index contributed by atoms with van der Waals surface area (Å²) < 4.78 is 0.988. The van der Waals surface area contributed by atoms with Crippen LogP contribution < -0.4 is 0 Å². The fourth-order valence-electron chi connectivity index (χ4n) is 1.16. The van der Waals surface area contributed by atoms with E-state index in [2.05, 4.69) is 9.97 Å². The zero-order valence-electron chi connectivity index (χ0n) is 8.17. The maximum absolute atomic E-state index is 8.95. The number of hydrogen-bond donors (Lipinski definition) is 1. The molecule has 0 fully saturated rings. The molecule has 1 N–H and O–H groups in total. The molecule has 2 aromatic rings. The summed E-state index contributed by atoms with van der Waals surface area (Å²) >= 11 is 3.15. The van der Waals surface area contributed by atoms with E-state index < -0.39 is 0 Å². The lowest BCUT2D eigenvalue weighted by atomic mass is 10.2. The Morgan fingerprint density at radius 3 is 2.93 bits per heavy atom. The summed E-state index contributed by atoms with van der Waals surface area (Å²) in [6.45, 7) is 2.03. The zero-order valence-corrected chi connectivity index (χ0v) is 9.81. The maximum atomic E-state index is 8.95. The first-order chi connectivity index (χ1) is 7.29. The molecule has 0 aliphatic heterocycles. The lowest BCUT2D eigenvalue weighted by Gasteiger charge is -2.03. The van der Waals surface area contributed by atoms with Crippen molar-refractivity contribution in [1.82, 2.24) is 9.97 Å². The topological polar surface area (TPSA) is 46.0 Å². The summed E-state index contributed by atoms with van der Waals surface area (Å²) in [6.07, 6.45) is 3.48. The van der Waals surface area contributed by atoms with E-state index in [1.807, 2.05) is 18.4 Å². The highest BCUT2D eigenvalue weighted by molar-refractivity contribution is 8.01. The number of pyridine rings is 1. The molecule has 0 saturated heterocycles. The lowest BCUT2D eigenvalue weighted by Crippen LogP contribution is -1.90. The molecule has 0 radical (unpaired) electrons. The lowest BCUT2D eigenvalue weighted by molar-refractivity contribution is 0.281. The Morgan fingerprint density at radius 2 is 2.33 bits per heavy atom. The zero-order chi connectivity index (χ0) is 10.7. The molecule has 0 spiro atoms. The Bertz CT molecular complexity index is 443. The van der Waals surface area contributed by atoms with Gasteiger partial charge >= 0.3 is 0 Å². The van der Waals surface area contributed by atoms with Crippen LogP contribution >= 0.6 is 23.1 Å². The van der Waals surface area contributed by atoms with E-state index in [-0.39, 0.29) is 6.61 Å². The summed E-state index contributed by atoms with van der Waals surface area (Å²) in [6, 6.07) is 1.95. The van der Waals surface area contributed by atoms with Crippen molar-refractivity contribution in [1.29, 1.82) is 0 Å². The Kier molecular flexibility index (Phi) is 3.35. The summed E-state index contributed by atoms with van der Waals surface area (Å²) in [5.74, 6) is 0. The van der Waals surface area contributed by atoms with Gasteiger partial charge in [0.25, 0.3) is 0 Å². The van der Waals surface area contributed by atoms with Crippen LogP contribution in [-0.2, 0) is 6.61 Å². The van der Waals surface area contributed by atoms with Crippen LogP contribution in [0.1, 0.15) is 11.1 Å². The van der Waals surface area contributed by atoms with Crippen LogP contribution in [0.5, 0.6) is 0 Å². The fourth-order valence-corrected chi connectivity index (χ4v) is 2.72. The van der Waals surface area contributed by atoms with E-state index in [1.165, 1.54) is 0 Å². The number of rotatable bonds is 3. The molecule has 78 valence electrons. The number of aryl methyl sites for hydroxylation is 1. The second kappa shape index (κ2) is 4.74. The number of aliphatic hydroxyl groups excluding tert-OH is 1. The van der Waals surface area contributed by atoms with Crippen LogP contribution in [0.2, 0.25) is 0 Å². The van der Waals surface area contributed by atoms with Crippen molar-refractivity contribution in [2.24, 2.45) is 0 Å². The second-order valence-corrected chi connectivity index (χ2v) is 5.15. The van der Waals surface area contributed by atoms with Crippen molar-refractivity contribution < 1.29 is 5.11 Å². The van der Waals surface area contributed by atoms with Crippen molar-refractivity contribution in [2.45, 2.75) is 22.9 Å². The van der Waals surface area contributed by atoms with Gasteiger partial charge in [0.1, 0.15) is 5.03 Å². The highest BCUT2D eigenvalue weighted by Gasteiger charge is 2.05. The van der Waals surface area contributed by atoms with Gasteiger partial charge in [-0.15, -0.1) is 11.3 Å². The minimum absolute atomic E-state index is 0.0377. The highest BCUT2D eigenvalue weighted by Crippen LogP contribution is 2.29. The van der Waals surface area contributed by atoms with Gasteiger partial charge in [0.15, 0.2) is 4.34 Å². The molecule has 3 nitrogen and oxygen atoms in total. The van der Waals surface area contributed by atoms with Gasteiger partial charge in [0.05, 0.1) is 6.61 Å². The van der Waals surface area contributed by atoms with Crippen LogP contribution in [0.3, 0.4) is 0 Å². The molecule has 5 heteroatoms. The van der Waals surface area contributed by atoms with Crippen LogP contribution in [0, 0.1) is 6.92 Å². The quantitative estimate of drug-likeness (QED) is 0.892. The van der Waals surface area contributed by atoms with E-state index in [1.54, 1.807) is 35.5 Å². The molecule has 0 amide bonds. The normalized spacial score (nSPS) is 10.5. The smallest absolute Gasteiger partial charge is 0.156 e. The van der Waals surface area contributed by atoms with Crippen molar-refractivity contribution in [3.8, 4) is 0 Å². The predicted octanol–water partition coefficient (Wildman–Crippen LogP) is 2.49. The van der Waals surface area contributed by atoms with Gasteiger partial charge in [-0.3, -0.25) is 0 Å². The molecule has 2 aromatic heterocycles. The molecule has 2 heterocycles. The minimum atomic E-state index is 0.0377. The molecule has 0 aromatic carbocycles. The molecule has 15 heavy (non-hydrogen) atoms. The van der Waals surface area contributed by atoms with Crippen molar-refractivity contribution in [2.75, 3.05) is 0 Å². The van der Waals surface area contributed by atoms with E-state index in [9.17, 15) is 0 Å². The molecular formula is C10H10N2OS2. The third-order valence-corrected chi connectivity index (χ3v) is 3.87. The third-order valence-electron chi connectivity index (χ3n) is 1.86. The summed E-state index contributed by atoms with van der Waals surface area (Å²) in [5.41, 5.74) is 1.91. The molecule has 0 saturated carbocycles. The summed E-state index contributed by atoms with van der Waals surface area (Å²) in [5, 5.41) is 11.8. The van der Waals surface area contributed by atoms with E-state index >= 15 is 0 Å². The van der Waals surface area contributed by atoms with Gasteiger partial charge < -0.3 is 5.11 Å². The first-order valence-electron chi connectivity index (χ1n) is 4.43. The van der Waals surface area contributed by atoms with Gasteiger partial charge in [-0.2, -0.15) is 0 Å². The Hall–Kier alpha value is -0.910. The third kappa shape index (κ3) is 2.56. The molecule has 2 rings (SSSR count). The molecular weight excluding hydrogens is 228 g/mol. The predicted molar refractivity (Wildman–Crippen MR) is 61.1 cm³/mol. The van der Waals surface area contributed by atoms with E-state index in [0.29, 0.717) is 0 Å². The molecule has 0 aliphatic rings. The van der Waals surface area contributed by atoms with Gasteiger partial charge in [-0.1, -0.05) is 0 Å². The van der Waals surface area contributed by atoms with E-state index in [4.69, 9.17) is 5.11 Å².